The molecule has 0 bridgehead atoms. The summed E-state index contributed by atoms with van der Waals surface area (Å²) in [6, 6.07) is 4.83. The Bertz CT molecular complexity index is 362. The summed E-state index contributed by atoms with van der Waals surface area (Å²) in [4.78, 5) is 7.08. The van der Waals surface area contributed by atoms with Gasteiger partial charge in [-0.25, -0.2) is 4.98 Å². The average Bonchev–Trinajstić information content (AvgIpc) is 2.29. The molecule has 2 N–H and O–H groups in total. The van der Waals surface area contributed by atoms with Gasteiger partial charge in [-0.2, -0.15) is 0 Å². The van der Waals surface area contributed by atoms with Crippen molar-refractivity contribution < 1.29 is 0 Å². The summed E-state index contributed by atoms with van der Waals surface area (Å²) in [7, 11) is 0. The summed E-state index contributed by atoms with van der Waals surface area (Å²) < 4.78 is 0. The van der Waals surface area contributed by atoms with E-state index in [9.17, 15) is 0 Å². The lowest BCUT2D eigenvalue weighted by Gasteiger charge is -2.34. The Kier molecular flexibility index (Phi) is 3.44. The van der Waals surface area contributed by atoms with Crippen LogP contribution in [0.25, 0.3) is 0 Å². The van der Waals surface area contributed by atoms with E-state index in [1.165, 1.54) is 19.3 Å². The maximum atomic E-state index is 5.65. The number of aromatic nitrogens is 1. The first-order valence-corrected chi connectivity index (χ1v) is 6.15. The van der Waals surface area contributed by atoms with E-state index in [-0.39, 0.29) is 0 Å². The molecule has 0 amide bonds. The maximum absolute atomic E-state index is 5.65. The van der Waals surface area contributed by atoms with Gasteiger partial charge in [-0.3, -0.25) is 0 Å². The van der Waals surface area contributed by atoms with Gasteiger partial charge in [0.1, 0.15) is 5.82 Å². The van der Waals surface area contributed by atoms with Crippen molar-refractivity contribution in [3.05, 3.63) is 23.4 Å². The van der Waals surface area contributed by atoms with Gasteiger partial charge in [0.2, 0.25) is 0 Å². The highest BCUT2D eigenvalue weighted by Gasteiger charge is 2.19. The van der Waals surface area contributed by atoms with E-state index in [4.69, 9.17) is 5.73 Å². The molecule has 2 heterocycles. The van der Waals surface area contributed by atoms with Crippen molar-refractivity contribution in [2.75, 3.05) is 11.4 Å². The molecule has 3 nitrogen and oxygen atoms in total. The number of aryl methyl sites for hydroxylation is 1. The second-order valence-corrected chi connectivity index (χ2v) is 4.66. The second kappa shape index (κ2) is 4.83. The standard InChI is InChI=1S/C13H21N3/c1-10-5-3-4-8-16(10)13-7-6-12(9-14)11(2)15-13/h6-7,10H,3-5,8-9,14H2,1-2H3. The fraction of sp³-hybridized carbons (Fsp3) is 0.615. The Labute approximate surface area is 97.7 Å². The third kappa shape index (κ3) is 2.19. The lowest BCUT2D eigenvalue weighted by molar-refractivity contribution is 0.481. The Morgan fingerprint density at radius 2 is 2.25 bits per heavy atom. The van der Waals surface area contributed by atoms with Crippen LogP contribution in [0.2, 0.25) is 0 Å². The Hall–Kier alpha value is -1.09. The Morgan fingerprint density at radius 1 is 1.44 bits per heavy atom. The highest BCUT2D eigenvalue weighted by Crippen LogP contribution is 2.23. The van der Waals surface area contributed by atoms with Gasteiger partial charge >= 0.3 is 0 Å². The average molecular weight is 219 g/mol. The van der Waals surface area contributed by atoms with Crippen LogP contribution in [-0.4, -0.2) is 17.6 Å². The molecule has 3 heteroatoms. The van der Waals surface area contributed by atoms with Gasteiger partial charge < -0.3 is 10.6 Å². The van der Waals surface area contributed by atoms with Crippen molar-refractivity contribution in [1.29, 1.82) is 0 Å². The molecule has 1 aromatic heterocycles. The van der Waals surface area contributed by atoms with E-state index in [0.717, 1.165) is 23.6 Å². The summed E-state index contributed by atoms with van der Waals surface area (Å²) in [5.74, 6) is 1.11. The van der Waals surface area contributed by atoms with Crippen LogP contribution >= 0.6 is 0 Å². The van der Waals surface area contributed by atoms with Gasteiger partial charge in [-0.1, -0.05) is 6.07 Å². The summed E-state index contributed by atoms with van der Waals surface area (Å²) in [5, 5.41) is 0. The lowest BCUT2D eigenvalue weighted by Crippen LogP contribution is -2.38. The molecule has 2 rings (SSSR count). The predicted octanol–water partition coefficient (Wildman–Crippen LogP) is 2.23. The van der Waals surface area contributed by atoms with Crippen LogP contribution in [0, 0.1) is 6.92 Å². The molecule has 16 heavy (non-hydrogen) atoms. The van der Waals surface area contributed by atoms with Gasteiger partial charge in [0, 0.05) is 24.8 Å². The van der Waals surface area contributed by atoms with Crippen molar-refractivity contribution in [2.45, 2.75) is 45.7 Å². The topological polar surface area (TPSA) is 42.2 Å². The van der Waals surface area contributed by atoms with E-state index in [1.807, 2.05) is 6.92 Å². The van der Waals surface area contributed by atoms with Crippen LogP contribution in [0.15, 0.2) is 12.1 Å². The molecule has 1 aliphatic rings. The van der Waals surface area contributed by atoms with Crippen LogP contribution in [0.1, 0.15) is 37.4 Å². The third-order valence-corrected chi connectivity index (χ3v) is 3.50. The monoisotopic (exact) mass is 219 g/mol. The molecule has 0 saturated carbocycles. The molecule has 1 atom stereocenters. The lowest BCUT2D eigenvalue weighted by atomic mass is 10.0. The molecule has 0 radical (unpaired) electrons. The van der Waals surface area contributed by atoms with E-state index >= 15 is 0 Å². The van der Waals surface area contributed by atoms with Crippen molar-refractivity contribution in [1.82, 2.24) is 4.98 Å². The predicted molar refractivity (Wildman–Crippen MR) is 67.5 cm³/mol. The van der Waals surface area contributed by atoms with E-state index in [2.05, 4.69) is 28.9 Å². The summed E-state index contributed by atoms with van der Waals surface area (Å²) in [5.41, 5.74) is 7.87. The molecule has 0 aromatic carbocycles. The van der Waals surface area contributed by atoms with Gasteiger partial charge in [-0.15, -0.1) is 0 Å². The number of piperidine rings is 1. The number of anilines is 1. The van der Waals surface area contributed by atoms with E-state index < -0.39 is 0 Å². The van der Waals surface area contributed by atoms with Gasteiger partial charge in [0.25, 0.3) is 0 Å². The number of nitrogens with zero attached hydrogens (tertiary/aromatic N) is 2. The first kappa shape index (κ1) is 11.4. The van der Waals surface area contributed by atoms with Crippen LogP contribution in [-0.2, 0) is 6.54 Å². The number of rotatable bonds is 2. The van der Waals surface area contributed by atoms with Gasteiger partial charge in [0.05, 0.1) is 0 Å². The number of hydrogen-bond donors (Lipinski definition) is 1. The van der Waals surface area contributed by atoms with E-state index in [1.54, 1.807) is 0 Å². The normalized spacial score (nSPS) is 21.2. The summed E-state index contributed by atoms with van der Waals surface area (Å²) in [6.07, 6.45) is 3.90. The van der Waals surface area contributed by atoms with Crippen molar-refractivity contribution in [3.8, 4) is 0 Å². The first-order valence-electron chi connectivity index (χ1n) is 6.15. The van der Waals surface area contributed by atoms with Crippen molar-refractivity contribution in [3.63, 3.8) is 0 Å². The fourth-order valence-electron chi connectivity index (χ4n) is 2.39. The zero-order chi connectivity index (χ0) is 11.5. The molecule has 1 aliphatic heterocycles. The molecular formula is C13H21N3. The molecule has 0 aliphatic carbocycles. The number of hydrogen-bond acceptors (Lipinski definition) is 3. The van der Waals surface area contributed by atoms with Gasteiger partial charge in [-0.05, 0) is 44.7 Å². The van der Waals surface area contributed by atoms with Crippen LogP contribution in [0.5, 0.6) is 0 Å². The Balaban J connectivity index is 2.22. The SMILES string of the molecule is Cc1nc(N2CCCCC2C)ccc1CN. The molecule has 0 spiro atoms. The molecule has 1 aromatic rings. The summed E-state index contributed by atoms with van der Waals surface area (Å²) >= 11 is 0. The summed E-state index contributed by atoms with van der Waals surface area (Å²) in [6.45, 7) is 6.04. The van der Waals surface area contributed by atoms with Crippen molar-refractivity contribution in [2.24, 2.45) is 5.73 Å². The Morgan fingerprint density at radius 3 is 2.88 bits per heavy atom. The van der Waals surface area contributed by atoms with Crippen molar-refractivity contribution >= 4 is 5.82 Å². The highest BCUT2D eigenvalue weighted by atomic mass is 15.2. The van der Waals surface area contributed by atoms with Crippen LogP contribution in [0.4, 0.5) is 5.82 Å². The molecule has 1 fully saturated rings. The minimum Gasteiger partial charge on any atom is -0.354 e. The molecule has 88 valence electrons. The minimum atomic E-state index is 0.578. The first-order chi connectivity index (χ1) is 7.72. The molecule has 1 unspecified atom stereocenters. The van der Waals surface area contributed by atoms with Crippen LogP contribution < -0.4 is 10.6 Å². The maximum Gasteiger partial charge on any atom is 0.129 e. The number of pyridine rings is 1. The molecule has 1 saturated heterocycles. The minimum absolute atomic E-state index is 0.578. The third-order valence-electron chi connectivity index (χ3n) is 3.50. The number of nitrogens with two attached hydrogens (primary N) is 1. The smallest absolute Gasteiger partial charge is 0.129 e. The zero-order valence-electron chi connectivity index (χ0n) is 10.2. The van der Waals surface area contributed by atoms with Gasteiger partial charge in [0.15, 0.2) is 0 Å². The largest absolute Gasteiger partial charge is 0.354 e. The second-order valence-electron chi connectivity index (χ2n) is 4.66. The highest BCUT2D eigenvalue weighted by molar-refractivity contribution is 5.43. The molecular weight excluding hydrogens is 198 g/mol. The quantitative estimate of drug-likeness (QED) is 0.829. The van der Waals surface area contributed by atoms with E-state index in [0.29, 0.717) is 12.6 Å². The zero-order valence-corrected chi connectivity index (χ0v) is 10.2. The van der Waals surface area contributed by atoms with Crippen LogP contribution in [0.3, 0.4) is 0 Å². The fourth-order valence-corrected chi connectivity index (χ4v) is 2.39.